The van der Waals surface area contributed by atoms with Crippen molar-refractivity contribution < 1.29 is 18.0 Å². The second-order valence-electron chi connectivity index (χ2n) is 4.66. The lowest BCUT2D eigenvalue weighted by molar-refractivity contribution is 0.112. The number of nitrogens with zero attached hydrogens (tertiary/aromatic N) is 2. The number of carbonyl (C=O) groups is 1. The number of hydrogen-bond acceptors (Lipinski definition) is 2. The van der Waals surface area contributed by atoms with Crippen LogP contribution in [0.1, 0.15) is 10.4 Å². The van der Waals surface area contributed by atoms with Crippen molar-refractivity contribution >= 4 is 17.9 Å². The molecule has 23 heavy (non-hydrogen) atoms. The fourth-order valence-electron chi connectivity index (χ4n) is 2.18. The average molecular weight is 337 g/mol. The lowest BCUT2D eigenvalue weighted by Gasteiger charge is -2.03. The van der Waals surface area contributed by atoms with E-state index in [-0.39, 0.29) is 16.4 Å². The summed E-state index contributed by atoms with van der Waals surface area (Å²) in [6.45, 7) is 0. The van der Waals surface area contributed by atoms with Gasteiger partial charge in [0.1, 0.15) is 28.3 Å². The zero-order valence-corrected chi connectivity index (χ0v) is 12.2. The summed E-state index contributed by atoms with van der Waals surface area (Å²) in [5.74, 6) is -2.20. The Kier molecular flexibility index (Phi) is 3.92. The number of aldehydes is 1. The first-order valence-electron chi connectivity index (χ1n) is 6.47. The van der Waals surface area contributed by atoms with Crippen LogP contribution in [-0.4, -0.2) is 16.1 Å². The van der Waals surface area contributed by atoms with Gasteiger partial charge in [0.25, 0.3) is 0 Å². The molecule has 1 heterocycles. The van der Waals surface area contributed by atoms with Gasteiger partial charge in [-0.25, -0.2) is 17.9 Å². The summed E-state index contributed by atoms with van der Waals surface area (Å²) < 4.78 is 42.0. The van der Waals surface area contributed by atoms with E-state index in [2.05, 4.69) is 5.10 Å². The Bertz CT molecular complexity index is 871. The molecule has 0 aliphatic heterocycles. The third kappa shape index (κ3) is 2.61. The first-order chi connectivity index (χ1) is 11.0. The van der Waals surface area contributed by atoms with Crippen molar-refractivity contribution in [2.45, 2.75) is 0 Å². The third-order valence-electron chi connectivity index (χ3n) is 3.25. The number of carbonyl (C=O) groups excluding carboxylic acids is 1. The van der Waals surface area contributed by atoms with E-state index in [1.165, 1.54) is 30.3 Å². The van der Waals surface area contributed by atoms with Gasteiger partial charge in [-0.3, -0.25) is 4.79 Å². The van der Waals surface area contributed by atoms with Crippen molar-refractivity contribution in [3.8, 4) is 16.9 Å². The van der Waals surface area contributed by atoms with Gasteiger partial charge in [0.05, 0.1) is 16.8 Å². The molecule has 0 N–H and O–H groups in total. The molecule has 0 fully saturated rings. The van der Waals surface area contributed by atoms with E-state index in [1.807, 2.05) is 0 Å². The molecule has 0 spiro atoms. The number of halogens is 4. The highest BCUT2D eigenvalue weighted by molar-refractivity contribution is 6.32. The van der Waals surface area contributed by atoms with Gasteiger partial charge in [-0.15, -0.1) is 0 Å². The topological polar surface area (TPSA) is 34.9 Å². The van der Waals surface area contributed by atoms with E-state index >= 15 is 0 Å². The molecule has 3 aromatic rings. The van der Waals surface area contributed by atoms with Crippen LogP contribution in [0.2, 0.25) is 5.15 Å². The van der Waals surface area contributed by atoms with Crippen LogP contribution in [0.5, 0.6) is 0 Å². The molecule has 0 saturated heterocycles. The minimum Gasteiger partial charge on any atom is -0.298 e. The molecule has 2 aromatic carbocycles. The van der Waals surface area contributed by atoms with E-state index in [4.69, 9.17) is 11.6 Å². The second-order valence-corrected chi connectivity index (χ2v) is 5.01. The Balaban J connectivity index is 2.25. The van der Waals surface area contributed by atoms with Gasteiger partial charge in [0, 0.05) is 0 Å². The van der Waals surface area contributed by atoms with E-state index in [9.17, 15) is 18.0 Å². The summed E-state index contributed by atoms with van der Waals surface area (Å²) in [4.78, 5) is 11.3. The first-order valence-corrected chi connectivity index (χ1v) is 6.84. The molecule has 3 rings (SSSR count). The van der Waals surface area contributed by atoms with Crippen molar-refractivity contribution in [1.29, 1.82) is 0 Å². The maximum atomic E-state index is 14.0. The molecule has 0 radical (unpaired) electrons. The molecule has 0 bridgehead atoms. The van der Waals surface area contributed by atoms with Crippen molar-refractivity contribution in [1.82, 2.24) is 9.78 Å². The van der Waals surface area contributed by atoms with Gasteiger partial charge in [0.15, 0.2) is 6.29 Å². The van der Waals surface area contributed by atoms with Gasteiger partial charge in [-0.1, -0.05) is 17.7 Å². The van der Waals surface area contributed by atoms with E-state index < -0.39 is 23.0 Å². The SMILES string of the molecule is O=Cc1c(-c2c(F)cccc2F)nn(-c2ccc(F)cc2)c1Cl. The van der Waals surface area contributed by atoms with Crippen LogP contribution in [0.3, 0.4) is 0 Å². The molecule has 7 heteroatoms. The Hall–Kier alpha value is -2.60. The number of benzene rings is 2. The molecule has 0 atom stereocenters. The fraction of sp³-hybridized carbons (Fsp3) is 0. The zero-order valence-electron chi connectivity index (χ0n) is 11.4. The quantitative estimate of drug-likeness (QED) is 0.663. The lowest BCUT2D eigenvalue weighted by atomic mass is 10.1. The van der Waals surface area contributed by atoms with E-state index in [1.54, 1.807) is 0 Å². The van der Waals surface area contributed by atoms with Gasteiger partial charge in [0.2, 0.25) is 0 Å². The Morgan fingerprint density at radius 3 is 2.17 bits per heavy atom. The summed E-state index contributed by atoms with van der Waals surface area (Å²) in [5, 5.41) is 3.90. The predicted octanol–water partition coefficient (Wildman–Crippen LogP) is 4.42. The van der Waals surface area contributed by atoms with Crippen LogP contribution in [0, 0.1) is 17.5 Å². The number of hydrogen-bond donors (Lipinski definition) is 0. The smallest absolute Gasteiger partial charge is 0.155 e. The average Bonchev–Trinajstić information content (AvgIpc) is 2.84. The zero-order chi connectivity index (χ0) is 16.6. The van der Waals surface area contributed by atoms with Crippen molar-refractivity contribution in [2.24, 2.45) is 0 Å². The summed E-state index contributed by atoms with van der Waals surface area (Å²) >= 11 is 6.09. The molecule has 0 aliphatic rings. The van der Waals surface area contributed by atoms with Crippen LogP contribution in [0.15, 0.2) is 42.5 Å². The monoisotopic (exact) mass is 336 g/mol. The molecular formula is C16H8ClF3N2O. The first kappa shape index (κ1) is 15.3. The highest BCUT2D eigenvalue weighted by atomic mass is 35.5. The Labute approximate surface area is 133 Å². The fourth-order valence-corrected chi connectivity index (χ4v) is 2.45. The normalized spacial score (nSPS) is 10.8. The summed E-state index contributed by atoms with van der Waals surface area (Å²) in [7, 11) is 0. The largest absolute Gasteiger partial charge is 0.298 e. The Morgan fingerprint density at radius 2 is 1.61 bits per heavy atom. The maximum Gasteiger partial charge on any atom is 0.155 e. The van der Waals surface area contributed by atoms with E-state index in [0.29, 0.717) is 12.0 Å². The summed E-state index contributed by atoms with van der Waals surface area (Å²) in [6, 6.07) is 8.42. The highest BCUT2D eigenvalue weighted by Crippen LogP contribution is 2.32. The molecule has 116 valence electrons. The highest BCUT2D eigenvalue weighted by Gasteiger charge is 2.23. The van der Waals surface area contributed by atoms with Gasteiger partial charge < -0.3 is 0 Å². The lowest BCUT2D eigenvalue weighted by Crippen LogP contribution is -1.97. The molecule has 3 nitrogen and oxygen atoms in total. The molecule has 0 amide bonds. The van der Waals surface area contributed by atoms with Gasteiger partial charge >= 0.3 is 0 Å². The van der Waals surface area contributed by atoms with Crippen molar-refractivity contribution in [3.05, 3.63) is 70.6 Å². The minimum atomic E-state index is -0.867. The Morgan fingerprint density at radius 1 is 1.00 bits per heavy atom. The predicted molar refractivity (Wildman–Crippen MR) is 79.3 cm³/mol. The molecular weight excluding hydrogens is 329 g/mol. The molecule has 1 aromatic heterocycles. The summed E-state index contributed by atoms with van der Waals surface area (Å²) in [5.41, 5.74) is -0.468. The van der Waals surface area contributed by atoms with E-state index in [0.717, 1.165) is 16.8 Å². The van der Waals surface area contributed by atoms with Crippen LogP contribution in [0.4, 0.5) is 13.2 Å². The molecule has 0 unspecified atom stereocenters. The van der Waals surface area contributed by atoms with Crippen LogP contribution >= 0.6 is 11.6 Å². The number of aromatic nitrogens is 2. The summed E-state index contributed by atoms with van der Waals surface area (Å²) in [6.07, 6.45) is 0.372. The molecule has 0 aliphatic carbocycles. The standard InChI is InChI=1S/C16H8ClF3N2O/c17-16-11(8-23)15(14-12(19)2-1-3-13(14)20)21-22(16)10-6-4-9(18)5-7-10/h1-8H. The number of rotatable bonds is 3. The van der Waals surface area contributed by atoms with Crippen molar-refractivity contribution in [2.75, 3.05) is 0 Å². The maximum absolute atomic E-state index is 14.0. The van der Waals surface area contributed by atoms with Crippen molar-refractivity contribution in [3.63, 3.8) is 0 Å². The van der Waals surface area contributed by atoms with Crippen LogP contribution < -0.4 is 0 Å². The van der Waals surface area contributed by atoms with Gasteiger partial charge in [-0.2, -0.15) is 5.10 Å². The third-order valence-corrected chi connectivity index (χ3v) is 3.62. The molecule has 0 saturated carbocycles. The minimum absolute atomic E-state index is 0.121. The second kappa shape index (κ2) is 5.89. The van der Waals surface area contributed by atoms with Gasteiger partial charge in [-0.05, 0) is 36.4 Å². The van der Waals surface area contributed by atoms with Crippen LogP contribution in [-0.2, 0) is 0 Å². The van der Waals surface area contributed by atoms with Crippen LogP contribution in [0.25, 0.3) is 16.9 Å².